The molecule has 2 aliphatic carbocycles. The van der Waals surface area contributed by atoms with Gasteiger partial charge in [0.05, 0.1) is 5.69 Å². The van der Waals surface area contributed by atoms with Gasteiger partial charge in [0.2, 0.25) is 0 Å². The Balaban J connectivity index is 1.25. The third-order valence-corrected chi connectivity index (χ3v) is 13.0. The molecule has 0 aromatic heterocycles. The van der Waals surface area contributed by atoms with E-state index in [1.54, 1.807) is 0 Å². The fourth-order valence-corrected chi connectivity index (χ4v) is 9.70. The maximum atomic E-state index is 2.54. The Morgan fingerprint density at radius 1 is 0.386 bits per heavy atom. The van der Waals surface area contributed by atoms with E-state index in [0.29, 0.717) is 0 Å². The average Bonchev–Trinajstić information content (AvgIpc) is 3.57. The molecule has 7 aromatic carbocycles. The van der Waals surface area contributed by atoms with Crippen LogP contribution in [0, 0.1) is 0 Å². The highest BCUT2D eigenvalue weighted by Gasteiger charge is 2.40. The van der Waals surface area contributed by atoms with Gasteiger partial charge in [-0.15, -0.1) is 0 Å². The number of rotatable bonds is 5. The summed E-state index contributed by atoms with van der Waals surface area (Å²) >= 11 is 0. The molecule has 0 bridgehead atoms. The van der Waals surface area contributed by atoms with E-state index in [0.717, 1.165) is 11.4 Å². The van der Waals surface area contributed by atoms with Crippen molar-refractivity contribution in [3.8, 4) is 44.5 Å². The Bertz CT molecular complexity index is 2680. The molecule has 284 valence electrons. The minimum atomic E-state index is -0.101. The fraction of sp³-hybridized carbons (Fsp3) is 0.250. The quantitative estimate of drug-likeness (QED) is 0.170. The summed E-state index contributed by atoms with van der Waals surface area (Å²) in [5.74, 6) is 0. The van der Waals surface area contributed by atoms with Gasteiger partial charge in [-0.3, -0.25) is 0 Å². The Morgan fingerprint density at radius 3 is 1.72 bits per heavy atom. The molecule has 7 aromatic rings. The number of hydrogen-bond donors (Lipinski definition) is 0. The van der Waals surface area contributed by atoms with Crippen LogP contribution in [-0.2, 0) is 21.7 Å². The first-order valence-corrected chi connectivity index (χ1v) is 20.7. The van der Waals surface area contributed by atoms with Crippen molar-refractivity contribution >= 4 is 17.1 Å². The molecule has 0 atom stereocenters. The lowest BCUT2D eigenvalue weighted by molar-refractivity contribution is 0.581. The molecule has 0 spiro atoms. The Morgan fingerprint density at radius 2 is 1.00 bits per heavy atom. The van der Waals surface area contributed by atoms with Crippen molar-refractivity contribution in [2.75, 3.05) is 4.90 Å². The van der Waals surface area contributed by atoms with Gasteiger partial charge in [-0.2, -0.15) is 0 Å². The van der Waals surface area contributed by atoms with E-state index in [4.69, 9.17) is 0 Å². The van der Waals surface area contributed by atoms with Crippen LogP contribution < -0.4 is 4.90 Å². The van der Waals surface area contributed by atoms with Gasteiger partial charge in [0.25, 0.3) is 0 Å². The van der Waals surface area contributed by atoms with E-state index < -0.39 is 0 Å². The Kier molecular flexibility index (Phi) is 8.38. The standard InChI is InChI=1S/C56H55N/c1-53(2,3)39-28-31-42-45-34-44(48(54(4,5)6)35-50(45)56(9,10)49(42)33-39)38-20-16-21-41(32-38)57(40-29-26-37(27-30-40)36-18-12-11-13-19-36)51-25-17-24-47-52(51)43-22-14-15-23-46(43)55(47,7)8/h11-35H,1-10H3. The van der Waals surface area contributed by atoms with Crippen LogP contribution in [-0.4, -0.2) is 0 Å². The third-order valence-electron chi connectivity index (χ3n) is 13.0. The summed E-state index contributed by atoms with van der Waals surface area (Å²) in [4.78, 5) is 2.49. The van der Waals surface area contributed by atoms with E-state index in [1.165, 1.54) is 83.6 Å². The predicted octanol–water partition coefficient (Wildman–Crippen LogP) is 15.7. The summed E-state index contributed by atoms with van der Waals surface area (Å²) in [5.41, 5.74) is 22.0. The second-order valence-electron chi connectivity index (χ2n) is 19.5. The lowest BCUT2D eigenvalue weighted by Crippen LogP contribution is -2.19. The first kappa shape index (κ1) is 36.9. The van der Waals surface area contributed by atoms with Crippen molar-refractivity contribution in [2.24, 2.45) is 0 Å². The number of hydrogen-bond acceptors (Lipinski definition) is 1. The van der Waals surface area contributed by atoms with Gasteiger partial charge in [0.1, 0.15) is 0 Å². The Labute approximate surface area is 341 Å². The SMILES string of the molecule is CC(C)(C)c1ccc2c(c1)C(C)(C)c1cc(C(C)(C)C)c(-c3cccc(N(c4ccc(-c5ccccc5)cc4)c4cccc5c4-c4ccccc4C5(C)C)c3)cc1-2. The molecule has 0 saturated carbocycles. The molecule has 2 aliphatic rings. The summed E-state index contributed by atoms with van der Waals surface area (Å²) in [6.45, 7) is 23.6. The minimum Gasteiger partial charge on any atom is -0.310 e. The molecule has 1 nitrogen and oxygen atoms in total. The highest BCUT2D eigenvalue weighted by atomic mass is 15.1. The van der Waals surface area contributed by atoms with Crippen LogP contribution in [0.2, 0.25) is 0 Å². The van der Waals surface area contributed by atoms with Crippen molar-refractivity contribution in [2.45, 2.75) is 90.9 Å². The molecule has 1 heteroatoms. The second-order valence-corrected chi connectivity index (χ2v) is 19.5. The number of nitrogens with zero attached hydrogens (tertiary/aromatic N) is 1. The molecule has 9 rings (SSSR count). The van der Waals surface area contributed by atoms with Crippen LogP contribution in [0.15, 0.2) is 152 Å². The van der Waals surface area contributed by atoms with Crippen molar-refractivity contribution in [1.29, 1.82) is 0 Å². The molecule has 0 saturated heterocycles. The maximum Gasteiger partial charge on any atom is 0.0543 e. The molecule has 0 aliphatic heterocycles. The lowest BCUT2D eigenvalue weighted by Gasteiger charge is -2.30. The van der Waals surface area contributed by atoms with Gasteiger partial charge in [0.15, 0.2) is 0 Å². The van der Waals surface area contributed by atoms with Crippen molar-refractivity contribution in [1.82, 2.24) is 0 Å². The molecule has 0 heterocycles. The summed E-state index contributed by atoms with van der Waals surface area (Å²) in [5, 5.41) is 0. The molecule has 0 unspecified atom stereocenters. The van der Waals surface area contributed by atoms with Gasteiger partial charge in [-0.1, -0.05) is 184 Å². The van der Waals surface area contributed by atoms with Crippen LogP contribution in [0.1, 0.15) is 103 Å². The lowest BCUT2D eigenvalue weighted by atomic mass is 9.75. The van der Waals surface area contributed by atoms with Gasteiger partial charge in [-0.05, 0) is 120 Å². The van der Waals surface area contributed by atoms with Gasteiger partial charge in [-0.25, -0.2) is 0 Å². The number of benzene rings is 7. The molecule has 0 amide bonds. The molecule has 0 fully saturated rings. The monoisotopic (exact) mass is 741 g/mol. The van der Waals surface area contributed by atoms with Gasteiger partial charge >= 0.3 is 0 Å². The highest BCUT2D eigenvalue weighted by molar-refractivity contribution is 5.96. The molecular weight excluding hydrogens is 687 g/mol. The zero-order valence-electron chi connectivity index (χ0n) is 35.4. The largest absolute Gasteiger partial charge is 0.310 e. The van der Waals surface area contributed by atoms with Crippen LogP contribution in [0.25, 0.3) is 44.5 Å². The number of fused-ring (bicyclic) bond motifs is 6. The average molecular weight is 742 g/mol. The van der Waals surface area contributed by atoms with Crippen molar-refractivity contribution in [3.63, 3.8) is 0 Å². The highest BCUT2D eigenvalue weighted by Crippen LogP contribution is 2.56. The smallest absolute Gasteiger partial charge is 0.0543 e. The third kappa shape index (κ3) is 5.97. The van der Waals surface area contributed by atoms with E-state index >= 15 is 0 Å². The van der Waals surface area contributed by atoms with Crippen LogP contribution in [0.5, 0.6) is 0 Å². The maximum absolute atomic E-state index is 2.54. The van der Waals surface area contributed by atoms with Crippen molar-refractivity contribution in [3.05, 3.63) is 185 Å². The zero-order valence-corrected chi connectivity index (χ0v) is 35.4. The minimum absolute atomic E-state index is 0.0652. The summed E-state index contributed by atoms with van der Waals surface area (Å²) in [6, 6.07) is 57.2. The molecule has 57 heavy (non-hydrogen) atoms. The van der Waals surface area contributed by atoms with Crippen LogP contribution in [0.3, 0.4) is 0 Å². The molecule has 0 radical (unpaired) electrons. The molecular formula is C56H55N. The van der Waals surface area contributed by atoms with Crippen LogP contribution in [0.4, 0.5) is 17.1 Å². The Hall–Kier alpha value is -5.66. The first-order valence-electron chi connectivity index (χ1n) is 20.7. The van der Waals surface area contributed by atoms with E-state index in [1.807, 2.05) is 0 Å². The number of anilines is 3. The predicted molar refractivity (Wildman–Crippen MR) is 245 cm³/mol. The van der Waals surface area contributed by atoms with E-state index in [9.17, 15) is 0 Å². The second kappa shape index (κ2) is 12.9. The zero-order chi connectivity index (χ0) is 40.1. The molecule has 0 N–H and O–H groups in total. The van der Waals surface area contributed by atoms with Crippen LogP contribution >= 0.6 is 0 Å². The van der Waals surface area contributed by atoms with Gasteiger partial charge < -0.3 is 4.90 Å². The normalized spacial score (nSPS) is 14.8. The summed E-state index contributed by atoms with van der Waals surface area (Å²) in [6.07, 6.45) is 0. The van der Waals surface area contributed by atoms with Crippen molar-refractivity contribution < 1.29 is 0 Å². The topological polar surface area (TPSA) is 3.24 Å². The van der Waals surface area contributed by atoms with Gasteiger partial charge in [0, 0.05) is 27.8 Å². The van der Waals surface area contributed by atoms with E-state index in [-0.39, 0.29) is 21.7 Å². The summed E-state index contributed by atoms with van der Waals surface area (Å²) < 4.78 is 0. The van der Waals surface area contributed by atoms with E-state index in [2.05, 4.69) is 226 Å². The summed E-state index contributed by atoms with van der Waals surface area (Å²) in [7, 11) is 0. The fourth-order valence-electron chi connectivity index (χ4n) is 9.70. The first-order chi connectivity index (χ1) is 27.0.